The number of alkyl halides is 3. The summed E-state index contributed by atoms with van der Waals surface area (Å²) in [7, 11) is -5.76. The predicted molar refractivity (Wildman–Crippen MR) is 54.0 cm³/mol. The molecule has 8 heteroatoms. The minimum absolute atomic E-state index is 0.106. The second-order valence-corrected chi connectivity index (χ2v) is 5.45. The molecule has 0 heterocycles. The lowest BCUT2D eigenvalue weighted by Gasteiger charge is -2.13. The maximum atomic E-state index is 13.5. The molecule has 0 unspecified atom stereocenters. The molecule has 0 N–H and O–H groups in total. The Morgan fingerprint density at radius 1 is 1.22 bits per heavy atom. The van der Waals surface area contributed by atoms with Gasteiger partial charge in [-0.3, -0.25) is 0 Å². The van der Waals surface area contributed by atoms with Crippen molar-refractivity contribution in [2.45, 2.75) is 24.3 Å². The Morgan fingerprint density at radius 2 is 1.83 bits per heavy atom. The molecule has 1 aliphatic carbocycles. The largest absolute Gasteiger partial charge is 0.534 e. The molecule has 1 fully saturated rings. The summed E-state index contributed by atoms with van der Waals surface area (Å²) >= 11 is 0. The summed E-state index contributed by atoms with van der Waals surface area (Å²) in [5.74, 6) is -1.62. The Kier molecular flexibility index (Phi) is 3.00. The predicted octanol–water partition coefficient (Wildman–Crippen LogP) is 2.93. The van der Waals surface area contributed by atoms with E-state index in [2.05, 4.69) is 4.18 Å². The first-order valence-electron chi connectivity index (χ1n) is 5.01. The van der Waals surface area contributed by atoms with Crippen LogP contribution < -0.4 is 4.18 Å². The lowest BCUT2D eigenvalue weighted by atomic mass is 10.1. The molecule has 1 aliphatic rings. The molecule has 1 saturated carbocycles. The molecule has 0 bridgehead atoms. The van der Waals surface area contributed by atoms with Crippen molar-refractivity contribution < 1.29 is 30.2 Å². The van der Waals surface area contributed by atoms with Gasteiger partial charge in [-0.15, -0.1) is 0 Å². The summed E-state index contributed by atoms with van der Waals surface area (Å²) in [5, 5.41) is 0. The average molecular weight is 284 g/mol. The molecule has 100 valence electrons. The third-order valence-electron chi connectivity index (χ3n) is 2.48. The van der Waals surface area contributed by atoms with Gasteiger partial charge in [0.1, 0.15) is 11.6 Å². The van der Waals surface area contributed by atoms with E-state index in [4.69, 9.17) is 0 Å². The second kappa shape index (κ2) is 4.11. The van der Waals surface area contributed by atoms with E-state index in [0.29, 0.717) is 12.8 Å². The fourth-order valence-electron chi connectivity index (χ4n) is 1.52. The first-order chi connectivity index (χ1) is 8.22. The molecule has 0 saturated heterocycles. The third-order valence-corrected chi connectivity index (χ3v) is 3.45. The van der Waals surface area contributed by atoms with Crippen LogP contribution in [0.1, 0.15) is 24.3 Å². The van der Waals surface area contributed by atoms with Crippen LogP contribution in [-0.4, -0.2) is 13.9 Å². The summed E-state index contributed by atoms with van der Waals surface area (Å²) < 4.78 is 75.6. The molecule has 0 aromatic heterocycles. The van der Waals surface area contributed by atoms with E-state index < -0.39 is 27.2 Å². The Hall–Kier alpha value is -1.31. The Morgan fingerprint density at radius 3 is 2.33 bits per heavy atom. The zero-order valence-electron chi connectivity index (χ0n) is 8.87. The molecular formula is C10H8F4O3S. The molecule has 0 aliphatic heterocycles. The second-order valence-electron chi connectivity index (χ2n) is 3.91. The molecule has 0 radical (unpaired) electrons. The van der Waals surface area contributed by atoms with Crippen molar-refractivity contribution in [1.29, 1.82) is 0 Å². The maximum absolute atomic E-state index is 13.5. The molecule has 0 amide bonds. The summed E-state index contributed by atoms with van der Waals surface area (Å²) in [4.78, 5) is 0. The van der Waals surface area contributed by atoms with Crippen molar-refractivity contribution >= 4 is 10.1 Å². The van der Waals surface area contributed by atoms with Gasteiger partial charge in [0.2, 0.25) is 0 Å². The Labute approximate surface area is 100 Å². The Balaban J connectivity index is 2.39. The first kappa shape index (κ1) is 13.1. The highest BCUT2D eigenvalue weighted by molar-refractivity contribution is 7.88. The van der Waals surface area contributed by atoms with Gasteiger partial charge in [0.05, 0.1) is 0 Å². The van der Waals surface area contributed by atoms with Gasteiger partial charge >= 0.3 is 15.6 Å². The van der Waals surface area contributed by atoms with Gasteiger partial charge in [-0.25, -0.2) is 4.39 Å². The standard InChI is InChI=1S/C10H8F4O3S/c11-7-2-1-3-8(9(7)6-4-5-6)17-18(15,16)10(12,13)14/h1-3,6H,4-5H2. The van der Waals surface area contributed by atoms with Crippen molar-refractivity contribution in [3.63, 3.8) is 0 Å². The van der Waals surface area contributed by atoms with Crippen LogP contribution in [0.5, 0.6) is 5.75 Å². The van der Waals surface area contributed by atoms with Crippen LogP contribution in [-0.2, 0) is 10.1 Å². The van der Waals surface area contributed by atoms with Crippen LogP contribution in [0.3, 0.4) is 0 Å². The van der Waals surface area contributed by atoms with E-state index in [1.807, 2.05) is 0 Å². The van der Waals surface area contributed by atoms with Crippen molar-refractivity contribution in [3.8, 4) is 5.75 Å². The first-order valence-corrected chi connectivity index (χ1v) is 6.42. The SMILES string of the molecule is O=S(=O)(Oc1cccc(F)c1C1CC1)C(F)(F)F. The van der Waals surface area contributed by atoms with Crippen LogP contribution in [0.25, 0.3) is 0 Å². The lowest BCUT2D eigenvalue weighted by Crippen LogP contribution is -2.28. The number of hydrogen-bond acceptors (Lipinski definition) is 3. The van der Waals surface area contributed by atoms with Gasteiger partial charge in [-0.1, -0.05) is 6.07 Å². The molecule has 0 spiro atoms. The van der Waals surface area contributed by atoms with Crippen LogP contribution in [0.15, 0.2) is 18.2 Å². The number of hydrogen-bond donors (Lipinski definition) is 0. The van der Waals surface area contributed by atoms with E-state index in [1.54, 1.807) is 0 Å². The van der Waals surface area contributed by atoms with E-state index in [9.17, 15) is 26.0 Å². The minimum Gasteiger partial charge on any atom is -0.376 e. The lowest BCUT2D eigenvalue weighted by molar-refractivity contribution is -0.0500. The van der Waals surface area contributed by atoms with E-state index in [0.717, 1.165) is 18.2 Å². The van der Waals surface area contributed by atoms with Gasteiger partial charge in [0.25, 0.3) is 0 Å². The highest BCUT2D eigenvalue weighted by Gasteiger charge is 2.49. The topological polar surface area (TPSA) is 43.4 Å². The molecule has 1 aromatic rings. The average Bonchev–Trinajstić information content (AvgIpc) is 2.99. The maximum Gasteiger partial charge on any atom is 0.534 e. The van der Waals surface area contributed by atoms with E-state index >= 15 is 0 Å². The molecule has 2 rings (SSSR count). The van der Waals surface area contributed by atoms with Crippen molar-refractivity contribution in [2.24, 2.45) is 0 Å². The Bertz CT molecular complexity index is 561. The van der Waals surface area contributed by atoms with Crippen LogP contribution in [0, 0.1) is 5.82 Å². The zero-order chi connectivity index (χ0) is 13.6. The summed E-state index contributed by atoms with van der Waals surface area (Å²) in [6, 6.07) is 3.17. The molecule has 18 heavy (non-hydrogen) atoms. The van der Waals surface area contributed by atoms with Crippen molar-refractivity contribution in [1.82, 2.24) is 0 Å². The summed E-state index contributed by atoms with van der Waals surface area (Å²) in [5.41, 5.74) is -5.63. The minimum atomic E-state index is -5.76. The summed E-state index contributed by atoms with van der Waals surface area (Å²) in [6.07, 6.45) is 1.20. The number of benzene rings is 1. The van der Waals surface area contributed by atoms with Crippen molar-refractivity contribution in [3.05, 3.63) is 29.6 Å². The highest BCUT2D eigenvalue weighted by atomic mass is 32.2. The van der Waals surface area contributed by atoms with E-state index in [-0.39, 0.29) is 11.5 Å². The quantitative estimate of drug-likeness (QED) is 0.487. The summed E-state index contributed by atoms with van der Waals surface area (Å²) in [6.45, 7) is 0. The molecule has 0 atom stereocenters. The van der Waals surface area contributed by atoms with Gasteiger partial charge in [-0.05, 0) is 30.9 Å². The normalized spacial score (nSPS) is 16.7. The van der Waals surface area contributed by atoms with Crippen LogP contribution >= 0.6 is 0 Å². The number of rotatable bonds is 3. The zero-order valence-corrected chi connectivity index (χ0v) is 9.68. The van der Waals surface area contributed by atoms with Gasteiger partial charge in [-0.2, -0.15) is 21.6 Å². The fraction of sp³-hybridized carbons (Fsp3) is 0.400. The van der Waals surface area contributed by atoms with E-state index in [1.165, 1.54) is 0 Å². The molecule has 1 aromatic carbocycles. The molecule has 3 nitrogen and oxygen atoms in total. The monoisotopic (exact) mass is 284 g/mol. The number of halogens is 4. The van der Waals surface area contributed by atoms with Crippen LogP contribution in [0.4, 0.5) is 17.6 Å². The highest BCUT2D eigenvalue weighted by Crippen LogP contribution is 2.46. The van der Waals surface area contributed by atoms with Crippen molar-refractivity contribution in [2.75, 3.05) is 0 Å². The van der Waals surface area contributed by atoms with Gasteiger partial charge < -0.3 is 4.18 Å². The molecular weight excluding hydrogens is 276 g/mol. The van der Waals surface area contributed by atoms with Crippen LogP contribution in [0.2, 0.25) is 0 Å². The fourth-order valence-corrected chi connectivity index (χ4v) is 2.00. The third kappa shape index (κ3) is 2.43. The van der Waals surface area contributed by atoms with Gasteiger partial charge in [0.15, 0.2) is 0 Å². The van der Waals surface area contributed by atoms with Gasteiger partial charge in [0, 0.05) is 5.56 Å². The smallest absolute Gasteiger partial charge is 0.376 e.